The van der Waals surface area contributed by atoms with E-state index in [1.54, 1.807) is 0 Å². The van der Waals surface area contributed by atoms with E-state index in [4.69, 9.17) is 16.2 Å². The first-order chi connectivity index (χ1) is 8.33. The molecule has 0 saturated carbocycles. The summed E-state index contributed by atoms with van der Waals surface area (Å²) in [7, 11) is 0. The lowest BCUT2D eigenvalue weighted by atomic mass is 9.52. The molecule has 1 heterocycles. The second kappa shape index (κ2) is 5.89. The summed E-state index contributed by atoms with van der Waals surface area (Å²) >= 11 is 0. The van der Waals surface area contributed by atoms with Gasteiger partial charge in [0.25, 0.3) is 0 Å². The molecule has 18 heavy (non-hydrogen) atoms. The molecule has 0 atom stereocenters. The summed E-state index contributed by atoms with van der Waals surface area (Å²) < 4.78 is 6.03. The highest BCUT2D eigenvalue weighted by molar-refractivity contribution is 5.04. The predicted molar refractivity (Wildman–Crippen MR) is 77.4 cm³/mol. The van der Waals surface area contributed by atoms with E-state index in [2.05, 4.69) is 27.7 Å². The van der Waals surface area contributed by atoms with Crippen LogP contribution in [0.2, 0.25) is 0 Å². The maximum absolute atomic E-state index is 6.03. The van der Waals surface area contributed by atoms with Crippen LogP contribution in [0.15, 0.2) is 0 Å². The molecule has 0 aromatic heterocycles. The molecule has 1 aliphatic heterocycles. The maximum atomic E-state index is 6.03. The lowest BCUT2D eigenvalue weighted by Crippen LogP contribution is -2.57. The molecule has 1 saturated heterocycles. The number of hydrogen-bond donors (Lipinski definition) is 2. The highest BCUT2D eigenvalue weighted by Gasteiger charge is 2.55. The van der Waals surface area contributed by atoms with Crippen LogP contribution >= 0.6 is 0 Å². The third-order valence-corrected chi connectivity index (χ3v) is 5.59. The molecule has 0 aliphatic carbocycles. The minimum atomic E-state index is -0.0750. The SMILES string of the molecule is CC1(C)OCCC(CCCN)(CCCN)C1(C)C. The van der Waals surface area contributed by atoms with Crippen molar-refractivity contribution >= 4 is 0 Å². The van der Waals surface area contributed by atoms with Crippen LogP contribution in [0.5, 0.6) is 0 Å². The summed E-state index contributed by atoms with van der Waals surface area (Å²) in [5.41, 5.74) is 11.9. The van der Waals surface area contributed by atoms with Crippen LogP contribution in [-0.4, -0.2) is 25.3 Å². The van der Waals surface area contributed by atoms with Gasteiger partial charge < -0.3 is 16.2 Å². The third kappa shape index (κ3) is 2.73. The average molecular weight is 256 g/mol. The monoisotopic (exact) mass is 256 g/mol. The number of hydrogen-bond acceptors (Lipinski definition) is 3. The summed E-state index contributed by atoms with van der Waals surface area (Å²) in [6.07, 6.45) is 5.74. The first-order valence-electron chi connectivity index (χ1n) is 7.37. The van der Waals surface area contributed by atoms with Gasteiger partial charge in [-0.05, 0) is 69.9 Å². The molecule has 1 fully saturated rings. The Labute approximate surface area is 113 Å². The fourth-order valence-electron chi connectivity index (χ4n) is 3.51. The third-order valence-electron chi connectivity index (χ3n) is 5.59. The van der Waals surface area contributed by atoms with Crippen LogP contribution in [0.25, 0.3) is 0 Å². The fourth-order valence-corrected chi connectivity index (χ4v) is 3.51. The van der Waals surface area contributed by atoms with Crippen molar-refractivity contribution in [3.8, 4) is 0 Å². The molecular formula is C15H32N2O. The molecule has 0 unspecified atom stereocenters. The van der Waals surface area contributed by atoms with Crippen molar-refractivity contribution in [1.82, 2.24) is 0 Å². The summed E-state index contributed by atoms with van der Waals surface area (Å²) in [6.45, 7) is 11.6. The Morgan fingerprint density at radius 3 is 1.89 bits per heavy atom. The van der Waals surface area contributed by atoms with Crippen LogP contribution in [0, 0.1) is 10.8 Å². The molecule has 3 nitrogen and oxygen atoms in total. The highest BCUT2D eigenvalue weighted by Crippen LogP contribution is 2.58. The van der Waals surface area contributed by atoms with Crippen molar-refractivity contribution in [2.75, 3.05) is 19.7 Å². The van der Waals surface area contributed by atoms with Gasteiger partial charge >= 0.3 is 0 Å². The van der Waals surface area contributed by atoms with Crippen molar-refractivity contribution in [3.05, 3.63) is 0 Å². The fraction of sp³-hybridized carbons (Fsp3) is 1.00. The summed E-state index contributed by atoms with van der Waals surface area (Å²) in [6, 6.07) is 0. The first kappa shape index (κ1) is 15.9. The van der Waals surface area contributed by atoms with Gasteiger partial charge in [-0.25, -0.2) is 0 Å². The van der Waals surface area contributed by atoms with E-state index in [1.165, 1.54) is 12.8 Å². The molecule has 108 valence electrons. The van der Waals surface area contributed by atoms with E-state index in [0.717, 1.165) is 39.0 Å². The Kier molecular flexibility index (Phi) is 5.22. The van der Waals surface area contributed by atoms with Crippen molar-refractivity contribution in [3.63, 3.8) is 0 Å². The average Bonchev–Trinajstić information content (AvgIpc) is 2.30. The van der Waals surface area contributed by atoms with Gasteiger partial charge in [-0.2, -0.15) is 0 Å². The lowest BCUT2D eigenvalue weighted by molar-refractivity contribution is -0.209. The van der Waals surface area contributed by atoms with Crippen LogP contribution < -0.4 is 11.5 Å². The van der Waals surface area contributed by atoms with E-state index in [-0.39, 0.29) is 11.0 Å². The summed E-state index contributed by atoms with van der Waals surface area (Å²) in [5.74, 6) is 0. The van der Waals surface area contributed by atoms with Crippen molar-refractivity contribution in [2.24, 2.45) is 22.3 Å². The van der Waals surface area contributed by atoms with Gasteiger partial charge in [0.1, 0.15) is 0 Å². The standard InChI is InChI=1S/C15H32N2O/c1-13(2)14(3,4)18-12-9-15(13,7-5-10-16)8-6-11-17/h5-12,16-17H2,1-4H3. The molecule has 0 spiro atoms. The van der Waals surface area contributed by atoms with E-state index in [0.29, 0.717) is 5.41 Å². The zero-order chi connectivity index (χ0) is 13.9. The van der Waals surface area contributed by atoms with E-state index in [1.807, 2.05) is 0 Å². The molecule has 0 bridgehead atoms. The normalized spacial score (nSPS) is 25.0. The Balaban J connectivity index is 2.97. The van der Waals surface area contributed by atoms with Gasteiger partial charge in [-0.1, -0.05) is 13.8 Å². The smallest absolute Gasteiger partial charge is 0.0682 e. The van der Waals surface area contributed by atoms with Gasteiger partial charge in [0, 0.05) is 6.61 Å². The zero-order valence-electron chi connectivity index (χ0n) is 12.7. The molecule has 0 radical (unpaired) electrons. The predicted octanol–water partition coefficient (Wildman–Crippen LogP) is 2.68. The Morgan fingerprint density at radius 1 is 0.944 bits per heavy atom. The molecule has 0 amide bonds. The van der Waals surface area contributed by atoms with Crippen molar-refractivity contribution in [1.29, 1.82) is 0 Å². The number of nitrogens with two attached hydrogens (primary N) is 2. The minimum Gasteiger partial charge on any atom is -0.375 e. The van der Waals surface area contributed by atoms with Gasteiger partial charge in [-0.3, -0.25) is 0 Å². The quantitative estimate of drug-likeness (QED) is 0.768. The van der Waals surface area contributed by atoms with Crippen molar-refractivity contribution in [2.45, 2.75) is 65.4 Å². The maximum Gasteiger partial charge on any atom is 0.0682 e. The van der Waals surface area contributed by atoms with Crippen LogP contribution in [0.4, 0.5) is 0 Å². The number of rotatable bonds is 6. The largest absolute Gasteiger partial charge is 0.375 e. The van der Waals surface area contributed by atoms with Crippen molar-refractivity contribution < 1.29 is 4.74 Å². The number of ether oxygens (including phenoxy) is 1. The Morgan fingerprint density at radius 2 is 1.44 bits per heavy atom. The van der Waals surface area contributed by atoms with Gasteiger partial charge in [0.15, 0.2) is 0 Å². The van der Waals surface area contributed by atoms with E-state index >= 15 is 0 Å². The topological polar surface area (TPSA) is 61.3 Å². The second-order valence-electron chi connectivity index (χ2n) is 6.80. The lowest BCUT2D eigenvalue weighted by Gasteiger charge is -2.59. The second-order valence-corrected chi connectivity index (χ2v) is 6.80. The first-order valence-corrected chi connectivity index (χ1v) is 7.37. The summed E-state index contributed by atoms with van der Waals surface area (Å²) in [5, 5.41) is 0. The zero-order valence-corrected chi connectivity index (χ0v) is 12.7. The molecule has 0 aromatic rings. The van der Waals surface area contributed by atoms with Crippen LogP contribution in [0.3, 0.4) is 0 Å². The molecular weight excluding hydrogens is 224 g/mol. The van der Waals surface area contributed by atoms with Gasteiger partial charge in [0.2, 0.25) is 0 Å². The molecule has 1 aliphatic rings. The molecule has 4 N–H and O–H groups in total. The van der Waals surface area contributed by atoms with E-state index in [9.17, 15) is 0 Å². The molecule has 0 aromatic carbocycles. The van der Waals surface area contributed by atoms with Gasteiger partial charge in [-0.15, -0.1) is 0 Å². The summed E-state index contributed by atoms with van der Waals surface area (Å²) in [4.78, 5) is 0. The van der Waals surface area contributed by atoms with Crippen LogP contribution in [-0.2, 0) is 4.74 Å². The highest BCUT2D eigenvalue weighted by atomic mass is 16.5. The van der Waals surface area contributed by atoms with Gasteiger partial charge in [0.05, 0.1) is 5.60 Å². The molecule has 3 heteroatoms. The Hall–Kier alpha value is -0.120. The van der Waals surface area contributed by atoms with Crippen LogP contribution in [0.1, 0.15) is 59.8 Å². The van der Waals surface area contributed by atoms with E-state index < -0.39 is 0 Å². The Bertz CT molecular complexity index is 253. The minimum absolute atomic E-state index is 0.0750. The molecule has 1 rings (SSSR count).